The molecular weight excluding hydrogens is 341 g/mol. The van der Waals surface area contributed by atoms with Crippen molar-refractivity contribution in [3.8, 4) is 5.75 Å². The summed E-state index contributed by atoms with van der Waals surface area (Å²) in [5, 5.41) is 3.20. The Hall–Kier alpha value is -2.34. The molecule has 1 N–H and O–H groups in total. The molecule has 126 valence electrons. The van der Waals surface area contributed by atoms with Crippen molar-refractivity contribution >= 4 is 29.2 Å². The third-order valence-electron chi connectivity index (χ3n) is 3.60. The number of hydrogen-bond donors (Lipinski definition) is 1. The minimum Gasteiger partial charge on any atom is -0.406 e. The minimum atomic E-state index is -4.70. The number of hydrogen-bond acceptors (Lipinski definition) is 3. The maximum atomic E-state index is 12.2. The number of rotatable bonds is 3. The number of benzene rings is 2. The van der Waals surface area contributed by atoms with E-state index in [9.17, 15) is 13.2 Å². The summed E-state index contributed by atoms with van der Waals surface area (Å²) in [6, 6.07) is 13.2. The van der Waals surface area contributed by atoms with Crippen LogP contribution >= 0.6 is 11.8 Å². The zero-order valence-corrected chi connectivity index (χ0v) is 13.4. The van der Waals surface area contributed by atoms with Crippen LogP contribution in [0, 0.1) is 0 Å². The van der Waals surface area contributed by atoms with Gasteiger partial charge in [-0.15, -0.1) is 13.2 Å². The van der Waals surface area contributed by atoms with Crippen LogP contribution in [0.15, 0.2) is 54.1 Å². The third-order valence-corrected chi connectivity index (χ3v) is 3.98. The predicted octanol–water partition coefficient (Wildman–Crippen LogP) is 5.40. The van der Waals surface area contributed by atoms with E-state index < -0.39 is 6.36 Å². The lowest BCUT2D eigenvalue weighted by molar-refractivity contribution is -0.274. The van der Waals surface area contributed by atoms with Gasteiger partial charge in [0.05, 0.1) is 5.69 Å². The molecule has 0 bridgehead atoms. The highest BCUT2D eigenvalue weighted by Crippen LogP contribution is 2.34. The second-order valence-electron chi connectivity index (χ2n) is 5.38. The van der Waals surface area contributed by atoms with E-state index in [4.69, 9.17) is 11.8 Å². The number of anilines is 2. The van der Waals surface area contributed by atoms with Crippen LogP contribution in [-0.4, -0.2) is 12.5 Å². The Bertz CT molecular complexity index is 759. The van der Waals surface area contributed by atoms with Gasteiger partial charge in [-0.25, -0.2) is 0 Å². The first kappa shape index (κ1) is 16.5. The van der Waals surface area contributed by atoms with Crippen LogP contribution in [0.3, 0.4) is 0 Å². The lowest BCUT2D eigenvalue weighted by Gasteiger charge is -2.34. The van der Waals surface area contributed by atoms with Crippen LogP contribution in [0.4, 0.5) is 24.5 Å². The van der Waals surface area contributed by atoms with Crippen molar-refractivity contribution in [2.75, 3.05) is 9.74 Å². The maximum absolute atomic E-state index is 12.2. The number of nitrogens with zero attached hydrogens (tertiary/aromatic N) is 1. The quantitative estimate of drug-likeness (QED) is 0.747. The van der Waals surface area contributed by atoms with Crippen molar-refractivity contribution in [2.45, 2.75) is 19.5 Å². The van der Waals surface area contributed by atoms with E-state index in [-0.39, 0.29) is 11.9 Å². The highest BCUT2D eigenvalue weighted by molar-refractivity contribution is 6.27. The van der Waals surface area contributed by atoms with E-state index in [1.54, 1.807) is 4.42 Å². The molecule has 1 aliphatic heterocycles. The second-order valence-corrected chi connectivity index (χ2v) is 5.74. The molecule has 0 aromatic heterocycles. The standard InChI is InChI=1S/C17H14ClF3N2O/c1-11-10-12-4-2-3-5-15(12)23(18)16(11)22-13-6-8-14(9-7-13)24-17(19,20)21/h2-10,16,22H,1H3. The summed E-state index contributed by atoms with van der Waals surface area (Å²) in [6.45, 7) is 1.93. The highest BCUT2D eigenvalue weighted by atomic mass is 35.5. The minimum absolute atomic E-state index is 0.267. The van der Waals surface area contributed by atoms with E-state index in [1.165, 1.54) is 24.3 Å². The number of alkyl halides is 3. The third kappa shape index (κ3) is 3.59. The maximum Gasteiger partial charge on any atom is 0.573 e. The van der Waals surface area contributed by atoms with Crippen molar-refractivity contribution in [2.24, 2.45) is 0 Å². The summed E-state index contributed by atoms with van der Waals surface area (Å²) in [7, 11) is 0. The first-order chi connectivity index (χ1) is 11.3. The van der Waals surface area contributed by atoms with Gasteiger partial charge in [0.15, 0.2) is 0 Å². The Morgan fingerprint density at radius 1 is 1.08 bits per heavy atom. The molecular formula is C17H14ClF3N2O. The first-order valence-electron chi connectivity index (χ1n) is 7.18. The van der Waals surface area contributed by atoms with Crippen molar-refractivity contribution in [3.63, 3.8) is 0 Å². The zero-order chi connectivity index (χ0) is 17.3. The number of ether oxygens (including phenoxy) is 1. The molecule has 0 saturated heterocycles. The topological polar surface area (TPSA) is 24.5 Å². The molecule has 3 nitrogen and oxygen atoms in total. The summed E-state index contributed by atoms with van der Waals surface area (Å²) in [6.07, 6.45) is -2.99. The van der Waals surface area contributed by atoms with Gasteiger partial charge in [-0.05, 0) is 54.5 Å². The van der Waals surface area contributed by atoms with Crippen molar-refractivity contribution in [1.82, 2.24) is 0 Å². The van der Waals surface area contributed by atoms with E-state index in [0.717, 1.165) is 16.8 Å². The number of halogens is 4. The number of nitrogens with one attached hydrogen (secondary N) is 1. The second kappa shape index (κ2) is 6.28. The molecule has 0 amide bonds. The summed E-state index contributed by atoms with van der Waals surface area (Å²) in [5.41, 5.74) is 3.49. The fourth-order valence-corrected chi connectivity index (χ4v) is 2.88. The highest BCUT2D eigenvalue weighted by Gasteiger charge is 2.31. The molecule has 0 aliphatic carbocycles. The van der Waals surface area contributed by atoms with Gasteiger partial charge in [-0.3, -0.25) is 4.42 Å². The average molecular weight is 355 g/mol. The molecule has 0 spiro atoms. The van der Waals surface area contributed by atoms with Crippen LogP contribution in [0.2, 0.25) is 0 Å². The van der Waals surface area contributed by atoms with E-state index in [1.807, 2.05) is 37.3 Å². The Morgan fingerprint density at radius 2 is 1.75 bits per heavy atom. The molecule has 1 aliphatic rings. The van der Waals surface area contributed by atoms with Crippen LogP contribution in [0.5, 0.6) is 5.75 Å². The summed E-state index contributed by atoms with van der Waals surface area (Å²) in [4.78, 5) is 0. The molecule has 1 heterocycles. The smallest absolute Gasteiger partial charge is 0.406 e. The Morgan fingerprint density at radius 3 is 2.42 bits per heavy atom. The van der Waals surface area contributed by atoms with E-state index >= 15 is 0 Å². The Kier molecular flexibility index (Phi) is 4.32. The van der Waals surface area contributed by atoms with Gasteiger partial charge < -0.3 is 10.1 Å². The van der Waals surface area contributed by atoms with E-state index in [2.05, 4.69) is 10.1 Å². The van der Waals surface area contributed by atoms with Gasteiger partial charge in [0, 0.05) is 17.5 Å². The number of para-hydroxylation sites is 1. The average Bonchev–Trinajstić information content (AvgIpc) is 2.51. The lowest BCUT2D eigenvalue weighted by atomic mass is 10.0. The molecule has 2 aromatic carbocycles. The monoisotopic (exact) mass is 354 g/mol. The number of fused-ring (bicyclic) bond motifs is 1. The molecule has 24 heavy (non-hydrogen) atoms. The van der Waals surface area contributed by atoms with Gasteiger partial charge in [0.1, 0.15) is 11.9 Å². The van der Waals surface area contributed by atoms with Crippen molar-refractivity contribution in [3.05, 3.63) is 59.7 Å². The zero-order valence-electron chi connectivity index (χ0n) is 12.6. The van der Waals surface area contributed by atoms with Crippen LogP contribution in [0.25, 0.3) is 6.08 Å². The van der Waals surface area contributed by atoms with Crippen LogP contribution < -0.4 is 14.5 Å². The van der Waals surface area contributed by atoms with Crippen LogP contribution in [-0.2, 0) is 0 Å². The molecule has 0 radical (unpaired) electrons. The van der Waals surface area contributed by atoms with Gasteiger partial charge in [-0.1, -0.05) is 18.2 Å². The first-order valence-corrected chi connectivity index (χ1v) is 7.52. The molecule has 7 heteroatoms. The molecule has 2 aromatic rings. The van der Waals surface area contributed by atoms with Gasteiger partial charge in [-0.2, -0.15) is 0 Å². The normalized spacial score (nSPS) is 17.1. The predicted molar refractivity (Wildman–Crippen MR) is 89.0 cm³/mol. The van der Waals surface area contributed by atoms with Gasteiger partial charge in [0.25, 0.3) is 0 Å². The molecule has 0 saturated carbocycles. The summed E-state index contributed by atoms with van der Waals surface area (Å²) < 4.78 is 42.0. The molecule has 3 rings (SSSR count). The SMILES string of the molecule is CC1=Cc2ccccc2N(Cl)C1Nc1ccc(OC(F)(F)F)cc1. The molecule has 0 fully saturated rings. The van der Waals surface area contributed by atoms with Gasteiger partial charge in [0.2, 0.25) is 0 Å². The fraction of sp³-hybridized carbons (Fsp3) is 0.176. The Labute approximate surface area is 142 Å². The Balaban J connectivity index is 1.77. The summed E-state index contributed by atoms with van der Waals surface area (Å²) >= 11 is 6.43. The van der Waals surface area contributed by atoms with Gasteiger partial charge >= 0.3 is 6.36 Å². The largest absolute Gasteiger partial charge is 0.573 e. The van der Waals surface area contributed by atoms with Crippen molar-refractivity contribution < 1.29 is 17.9 Å². The molecule has 1 atom stereocenters. The lowest BCUT2D eigenvalue weighted by Crippen LogP contribution is -2.37. The molecule has 1 unspecified atom stereocenters. The van der Waals surface area contributed by atoms with Crippen LogP contribution in [0.1, 0.15) is 12.5 Å². The summed E-state index contributed by atoms with van der Waals surface area (Å²) in [5.74, 6) is -0.267. The van der Waals surface area contributed by atoms with E-state index in [0.29, 0.717) is 5.69 Å². The van der Waals surface area contributed by atoms with Crippen molar-refractivity contribution in [1.29, 1.82) is 0 Å². The fourth-order valence-electron chi connectivity index (χ4n) is 2.53.